The maximum absolute atomic E-state index is 13.5. The molecule has 8 nitrogen and oxygen atoms in total. The van der Waals surface area contributed by atoms with Crippen molar-refractivity contribution in [1.29, 1.82) is 0 Å². The van der Waals surface area contributed by atoms with E-state index in [0.717, 1.165) is 58.9 Å². The summed E-state index contributed by atoms with van der Waals surface area (Å²) < 4.78 is 25.7. The van der Waals surface area contributed by atoms with Gasteiger partial charge in [-0.15, -0.1) is 11.3 Å². The summed E-state index contributed by atoms with van der Waals surface area (Å²) in [7, 11) is 0. The van der Waals surface area contributed by atoms with Crippen molar-refractivity contribution in [3.8, 4) is 17.0 Å². The molecule has 10 heteroatoms. The highest BCUT2D eigenvalue weighted by molar-refractivity contribution is 7.17. The summed E-state index contributed by atoms with van der Waals surface area (Å²) in [6.45, 7) is 3.88. The van der Waals surface area contributed by atoms with Crippen LogP contribution in [0.1, 0.15) is 0 Å². The van der Waals surface area contributed by atoms with Gasteiger partial charge in [0, 0.05) is 43.7 Å². The first kappa shape index (κ1) is 22.0. The summed E-state index contributed by atoms with van der Waals surface area (Å²) in [6, 6.07) is 14.3. The molecule has 0 bridgehead atoms. The van der Waals surface area contributed by atoms with E-state index < -0.39 is 6.10 Å². The molecular weight excluding hydrogens is 469 g/mol. The minimum atomic E-state index is -0.615. The summed E-state index contributed by atoms with van der Waals surface area (Å²) in [4.78, 5) is 4.41. The van der Waals surface area contributed by atoms with E-state index in [-0.39, 0.29) is 12.4 Å². The van der Waals surface area contributed by atoms with Gasteiger partial charge in [-0.2, -0.15) is 5.10 Å². The molecule has 180 valence electrons. The van der Waals surface area contributed by atoms with Crippen LogP contribution in [0, 0.1) is 5.82 Å². The highest BCUT2D eigenvalue weighted by Gasteiger charge is 2.22. The summed E-state index contributed by atoms with van der Waals surface area (Å²) in [5.74, 6) is 1.25. The molecule has 1 fully saturated rings. The van der Waals surface area contributed by atoms with Crippen LogP contribution in [-0.2, 0) is 0 Å². The number of aromatic amines is 1. The summed E-state index contributed by atoms with van der Waals surface area (Å²) in [5.41, 5.74) is 3.19. The second-order valence-corrected chi connectivity index (χ2v) is 9.58. The molecular formula is C25H24FN5O3S. The SMILES string of the molecule is O[C@@H](COc1cccc(-c2noc3ccsc23)c1)CN1CCN(c2n[nH]c3cc(F)ccc23)CC1. The molecule has 0 radical (unpaired) electrons. The van der Waals surface area contributed by atoms with E-state index in [2.05, 4.69) is 25.2 Å². The third-order valence-corrected chi connectivity index (χ3v) is 7.18. The Morgan fingerprint density at radius 3 is 2.91 bits per heavy atom. The van der Waals surface area contributed by atoms with Gasteiger partial charge in [0.1, 0.15) is 34.7 Å². The first-order valence-corrected chi connectivity index (χ1v) is 12.4. The van der Waals surface area contributed by atoms with Crippen molar-refractivity contribution < 1.29 is 18.8 Å². The minimum Gasteiger partial charge on any atom is -0.491 e. The number of halogens is 1. The molecule has 0 unspecified atom stereocenters. The lowest BCUT2D eigenvalue weighted by molar-refractivity contribution is 0.0663. The number of fused-ring (bicyclic) bond motifs is 2. The van der Waals surface area contributed by atoms with E-state index in [1.54, 1.807) is 17.4 Å². The van der Waals surface area contributed by atoms with Gasteiger partial charge in [-0.3, -0.25) is 10.00 Å². The molecule has 0 amide bonds. The summed E-state index contributed by atoms with van der Waals surface area (Å²) in [5, 5.41) is 25.0. The lowest BCUT2D eigenvalue weighted by Gasteiger charge is -2.35. The maximum atomic E-state index is 13.5. The molecule has 1 atom stereocenters. The van der Waals surface area contributed by atoms with Crippen molar-refractivity contribution >= 4 is 38.3 Å². The van der Waals surface area contributed by atoms with Crippen LogP contribution in [-0.4, -0.2) is 70.8 Å². The third-order valence-electron chi connectivity index (χ3n) is 6.27. The van der Waals surface area contributed by atoms with Crippen LogP contribution in [0.25, 0.3) is 32.4 Å². The number of benzene rings is 2. The Kier molecular flexibility index (Phi) is 5.85. The monoisotopic (exact) mass is 493 g/mol. The van der Waals surface area contributed by atoms with E-state index in [1.165, 1.54) is 12.1 Å². The molecule has 3 aromatic heterocycles. The lowest BCUT2D eigenvalue weighted by atomic mass is 10.1. The topological polar surface area (TPSA) is 90.7 Å². The zero-order valence-corrected chi connectivity index (χ0v) is 19.7. The minimum absolute atomic E-state index is 0.201. The number of H-pyrrole nitrogens is 1. The van der Waals surface area contributed by atoms with Gasteiger partial charge in [0.05, 0.1) is 5.52 Å². The standard InChI is InChI=1S/C25H24FN5O3S/c26-17-4-5-20-21(13-17)27-28-25(20)31-9-7-30(8-10-31)14-18(32)15-33-19-3-1-2-16(12-19)23-24-22(34-29-23)6-11-35-24/h1-6,11-13,18,32H,7-10,14-15H2,(H,27,28)/t18-/m1/s1. The second kappa shape index (κ2) is 9.29. The molecule has 1 saturated heterocycles. The molecule has 0 aliphatic carbocycles. The van der Waals surface area contributed by atoms with E-state index in [4.69, 9.17) is 9.26 Å². The number of rotatable bonds is 7. The fourth-order valence-electron chi connectivity index (χ4n) is 4.50. The van der Waals surface area contributed by atoms with Gasteiger partial charge in [0.2, 0.25) is 0 Å². The number of aliphatic hydroxyl groups is 1. The van der Waals surface area contributed by atoms with Crippen LogP contribution < -0.4 is 9.64 Å². The Bertz CT molecular complexity index is 1460. The molecule has 2 aromatic carbocycles. The van der Waals surface area contributed by atoms with Crippen LogP contribution in [0.3, 0.4) is 0 Å². The molecule has 0 spiro atoms. The Labute approximate surface area is 204 Å². The number of ether oxygens (including phenoxy) is 1. The number of piperazine rings is 1. The van der Waals surface area contributed by atoms with E-state index in [0.29, 0.717) is 17.8 Å². The maximum Gasteiger partial charge on any atom is 0.178 e. The third kappa shape index (κ3) is 4.47. The van der Waals surface area contributed by atoms with Crippen molar-refractivity contribution in [1.82, 2.24) is 20.3 Å². The first-order valence-electron chi connectivity index (χ1n) is 11.5. The van der Waals surface area contributed by atoms with E-state index >= 15 is 0 Å². The average Bonchev–Trinajstić information content (AvgIpc) is 3.59. The van der Waals surface area contributed by atoms with Crippen LogP contribution >= 0.6 is 11.3 Å². The largest absolute Gasteiger partial charge is 0.491 e. The number of thiophene rings is 1. The van der Waals surface area contributed by atoms with Crippen molar-refractivity contribution in [3.63, 3.8) is 0 Å². The van der Waals surface area contributed by atoms with Crippen molar-refractivity contribution in [3.05, 3.63) is 59.7 Å². The summed E-state index contributed by atoms with van der Waals surface area (Å²) >= 11 is 1.59. The van der Waals surface area contributed by atoms with E-state index in [9.17, 15) is 9.50 Å². The Hall–Kier alpha value is -3.47. The molecule has 1 aliphatic heterocycles. The first-order chi connectivity index (χ1) is 17.1. The smallest absolute Gasteiger partial charge is 0.178 e. The number of hydrogen-bond acceptors (Lipinski definition) is 8. The van der Waals surface area contributed by atoms with Gasteiger partial charge < -0.3 is 19.3 Å². The number of hydrogen-bond donors (Lipinski definition) is 2. The van der Waals surface area contributed by atoms with Crippen LogP contribution in [0.4, 0.5) is 10.2 Å². The fourth-order valence-corrected chi connectivity index (χ4v) is 5.32. The Balaban J connectivity index is 1.02. The summed E-state index contributed by atoms with van der Waals surface area (Å²) in [6.07, 6.45) is -0.615. The molecule has 35 heavy (non-hydrogen) atoms. The van der Waals surface area contributed by atoms with Crippen LogP contribution in [0.5, 0.6) is 5.75 Å². The predicted octanol–water partition coefficient (Wildman–Crippen LogP) is 4.13. The number of β-amino-alcohol motifs (C(OH)–C–C–N with tert-alkyl or cyclic N) is 1. The molecule has 6 rings (SSSR count). The van der Waals surface area contributed by atoms with Crippen LogP contribution in [0.15, 0.2) is 58.4 Å². The van der Waals surface area contributed by atoms with E-state index in [1.807, 2.05) is 35.7 Å². The molecule has 4 heterocycles. The quantitative estimate of drug-likeness (QED) is 0.352. The number of aromatic nitrogens is 3. The Morgan fingerprint density at radius 2 is 2.03 bits per heavy atom. The van der Waals surface area contributed by atoms with Gasteiger partial charge in [0.25, 0.3) is 0 Å². The van der Waals surface area contributed by atoms with Crippen molar-refractivity contribution in [2.75, 3.05) is 44.2 Å². The molecule has 2 N–H and O–H groups in total. The van der Waals surface area contributed by atoms with Gasteiger partial charge in [0.15, 0.2) is 11.4 Å². The lowest BCUT2D eigenvalue weighted by Crippen LogP contribution is -2.49. The normalized spacial score (nSPS) is 15.8. The fraction of sp³-hybridized carbons (Fsp3) is 0.280. The predicted molar refractivity (Wildman–Crippen MR) is 134 cm³/mol. The second-order valence-electron chi connectivity index (χ2n) is 8.66. The van der Waals surface area contributed by atoms with Crippen LogP contribution in [0.2, 0.25) is 0 Å². The Morgan fingerprint density at radius 1 is 1.14 bits per heavy atom. The highest BCUT2D eigenvalue weighted by Crippen LogP contribution is 2.33. The van der Waals surface area contributed by atoms with Crippen molar-refractivity contribution in [2.24, 2.45) is 0 Å². The zero-order chi connectivity index (χ0) is 23.8. The number of aliphatic hydroxyl groups excluding tert-OH is 1. The average molecular weight is 494 g/mol. The highest BCUT2D eigenvalue weighted by atomic mass is 32.1. The molecule has 0 saturated carbocycles. The zero-order valence-electron chi connectivity index (χ0n) is 18.9. The number of anilines is 1. The van der Waals surface area contributed by atoms with Gasteiger partial charge in [-0.05, 0) is 41.8 Å². The van der Waals surface area contributed by atoms with Gasteiger partial charge >= 0.3 is 0 Å². The van der Waals surface area contributed by atoms with Gasteiger partial charge in [-0.25, -0.2) is 4.39 Å². The van der Waals surface area contributed by atoms with Crippen molar-refractivity contribution in [2.45, 2.75) is 6.10 Å². The molecule has 5 aromatic rings. The number of nitrogens with zero attached hydrogens (tertiary/aromatic N) is 4. The molecule has 1 aliphatic rings. The number of nitrogens with one attached hydrogen (secondary N) is 1. The van der Waals surface area contributed by atoms with Gasteiger partial charge in [-0.1, -0.05) is 17.3 Å².